The lowest BCUT2D eigenvalue weighted by atomic mass is 10.2. The van der Waals surface area contributed by atoms with E-state index in [0.29, 0.717) is 12.1 Å². The third-order valence-electron chi connectivity index (χ3n) is 4.83. The van der Waals surface area contributed by atoms with Crippen molar-refractivity contribution in [3.63, 3.8) is 0 Å². The van der Waals surface area contributed by atoms with E-state index in [4.69, 9.17) is 0 Å². The highest BCUT2D eigenvalue weighted by molar-refractivity contribution is 9.10. The summed E-state index contributed by atoms with van der Waals surface area (Å²) in [5.74, 6) is 0. The molecule has 0 amide bonds. The number of hydrogen-bond donors (Lipinski definition) is 0. The van der Waals surface area contributed by atoms with E-state index in [1.165, 1.54) is 35.2 Å². The topological polar surface area (TPSA) is 19.4 Å². The van der Waals surface area contributed by atoms with Crippen LogP contribution in [0, 0.1) is 0 Å². The van der Waals surface area contributed by atoms with Crippen LogP contribution in [0.2, 0.25) is 0 Å². The van der Waals surface area contributed by atoms with Crippen LogP contribution in [0.15, 0.2) is 53.1 Å². The number of piperazine rings is 1. The van der Waals surface area contributed by atoms with Crippen molar-refractivity contribution in [2.75, 3.05) is 13.1 Å². The number of likely N-dealkylation sites (tertiary alicyclic amines) is 2. The van der Waals surface area contributed by atoms with Crippen LogP contribution >= 0.6 is 15.9 Å². The molecule has 0 aliphatic carbocycles. The van der Waals surface area contributed by atoms with Gasteiger partial charge in [-0.05, 0) is 36.2 Å². The first kappa shape index (κ1) is 14.4. The summed E-state index contributed by atoms with van der Waals surface area (Å²) in [4.78, 5) is 9.70. The fraction of sp³-hybridized carbons (Fsp3) is 0.389. The lowest BCUT2D eigenvalue weighted by Crippen LogP contribution is -2.45. The Morgan fingerprint density at radius 1 is 1.00 bits per heavy atom. The molecule has 0 spiro atoms. The summed E-state index contributed by atoms with van der Waals surface area (Å²) in [7, 11) is 0. The quantitative estimate of drug-likeness (QED) is 0.836. The molecular weight excluding hydrogens is 338 g/mol. The van der Waals surface area contributed by atoms with Gasteiger partial charge in [0.15, 0.2) is 0 Å². The molecule has 2 aliphatic heterocycles. The van der Waals surface area contributed by atoms with Crippen LogP contribution in [-0.4, -0.2) is 40.0 Å². The molecule has 114 valence electrons. The number of pyridine rings is 1. The van der Waals surface area contributed by atoms with E-state index in [0.717, 1.165) is 13.1 Å². The first-order chi connectivity index (χ1) is 10.8. The summed E-state index contributed by atoms with van der Waals surface area (Å²) < 4.78 is 1.17. The van der Waals surface area contributed by atoms with E-state index in [1.807, 2.05) is 12.3 Å². The summed E-state index contributed by atoms with van der Waals surface area (Å²) >= 11 is 3.57. The second-order valence-corrected chi connectivity index (χ2v) is 7.27. The van der Waals surface area contributed by atoms with Crippen molar-refractivity contribution in [3.8, 4) is 0 Å². The van der Waals surface area contributed by atoms with Crippen LogP contribution < -0.4 is 0 Å². The number of halogens is 1. The lowest BCUT2D eigenvalue weighted by molar-refractivity contribution is 0.117. The molecule has 22 heavy (non-hydrogen) atoms. The fourth-order valence-corrected chi connectivity index (χ4v) is 4.24. The van der Waals surface area contributed by atoms with Crippen molar-refractivity contribution in [1.82, 2.24) is 14.8 Å². The second kappa shape index (κ2) is 6.11. The number of aromatic nitrogens is 1. The van der Waals surface area contributed by atoms with E-state index in [-0.39, 0.29) is 0 Å². The van der Waals surface area contributed by atoms with Gasteiger partial charge in [-0.1, -0.05) is 34.1 Å². The molecule has 0 radical (unpaired) electrons. The van der Waals surface area contributed by atoms with Gasteiger partial charge in [0.05, 0.1) is 5.69 Å². The summed E-state index contributed by atoms with van der Waals surface area (Å²) in [6.07, 6.45) is 3.20. The van der Waals surface area contributed by atoms with Gasteiger partial charge in [-0.15, -0.1) is 0 Å². The molecule has 2 unspecified atom stereocenters. The number of nitrogens with zero attached hydrogens (tertiary/aromatic N) is 3. The van der Waals surface area contributed by atoms with E-state index >= 15 is 0 Å². The van der Waals surface area contributed by atoms with E-state index in [2.05, 4.69) is 67.1 Å². The molecular formula is C18H20BrN3. The van der Waals surface area contributed by atoms with Gasteiger partial charge >= 0.3 is 0 Å². The van der Waals surface area contributed by atoms with Crippen LogP contribution in [-0.2, 0) is 13.1 Å². The molecule has 2 bridgehead atoms. The van der Waals surface area contributed by atoms with Crippen LogP contribution in [0.25, 0.3) is 0 Å². The Morgan fingerprint density at radius 3 is 2.50 bits per heavy atom. The molecule has 4 rings (SSSR count). The molecule has 0 N–H and O–H groups in total. The molecule has 0 saturated carbocycles. The molecule has 2 aliphatic rings. The SMILES string of the molecule is Brc1cccc(CN2CC3CC2CN3Cc2ccccn2)c1. The average molecular weight is 358 g/mol. The molecule has 4 heteroatoms. The molecule has 2 saturated heterocycles. The molecule has 2 aromatic rings. The van der Waals surface area contributed by atoms with Crippen molar-refractivity contribution in [2.45, 2.75) is 31.6 Å². The number of fused-ring (bicyclic) bond motifs is 2. The zero-order chi connectivity index (χ0) is 14.9. The summed E-state index contributed by atoms with van der Waals surface area (Å²) in [6.45, 7) is 4.42. The van der Waals surface area contributed by atoms with Crippen LogP contribution in [0.3, 0.4) is 0 Å². The van der Waals surface area contributed by atoms with Crippen molar-refractivity contribution in [2.24, 2.45) is 0 Å². The van der Waals surface area contributed by atoms with Gasteiger partial charge in [0.1, 0.15) is 0 Å². The van der Waals surface area contributed by atoms with Gasteiger partial charge in [-0.3, -0.25) is 14.8 Å². The Morgan fingerprint density at radius 2 is 1.82 bits per heavy atom. The van der Waals surface area contributed by atoms with E-state index in [9.17, 15) is 0 Å². The minimum atomic E-state index is 0.694. The van der Waals surface area contributed by atoms with Gasteiger partial charge in [-0.25, -0.2) is 0 Å². The van der Waals surface area contributed by atoms with Crippen molar-refractivity contribution >= 4 is 15.9 Å². The van der Waals surface area contributed by atoms with Crippen molar-refractivity contribution in [1.29, 1.82) is 0 Å². The molecule has 2 atom stereocenters. The molecule has 2 fully saturated rings. The molecule has 3 heterocycles. The van der Waals surface area contributed by atoms with Crippen molar-refractivity contribution in [3.05, 3.63) is 64.4 Å². The Balaban J connectivity index is 1.38. The van der Waals surface area contributed by atoms with Gasteiger partial charge in [0.25, 0.3) is 0 Å². The first-order valence-corrected chi connectivity index (χ1v) is 8.70. The summed E-state index contributed by atoms with van der Waals surface area (Å²) in [5.41, 5.74) is 2.59. The minimum absolute atomic E-state index is 0.694. The predicted molar refractivity (Wildman–Crippen MR) is 91.4 cm³/mol. The highest BCUT2D eigenvalue weighted by atomic mass is 79.9. The van der Waals surface area contributed by atoms with Gasteiger partial charge < -0.3 is 0 Å². The van der Waals surface area contributed by atoms with E-state index in [1.54, 1.807) is 0 Å². The maximum absolute atomic E-state index is 4.46. The highest BCUT2D eigenvalue weighted by Crippen LogP contribution is 2.32. The number of hydrogen-bond acceptors (Lipinski definition) is 3. The second-order valence-electron chi connectivity index (χ2n) is 6.35. The zero-order valence-corrected chi connectivity index (χ0v) is 14.1. The Hall–Kier alpha value is -1.23. The third kappa shape index (κ3) is 2.96. The smallest absolute Gasteiger partial charge is 0.0544 e. The molecule has 3 nitrogen and oxygen atoms in total. The van der Waals surface area contributed by atoms with Gasteiger partial charge in [0.2, 0.25) is 0 Å². The summed E-state index contributed by atoms with van der Waals surface area (Å²) in [5, 5.41) is 0. The minimum Gasteiger partial charge on any atom is -0.293 e. The zero-order valence-electron chi connectivity index (χ0n) is 12.5. The number of rotatable bonds is 4. The molecule has 1 aromatic heterocycles. The Labute approximate surface area is 140 Å². The van der Waals surface area contributed by atoms with Crippen LogP contribution in [0.1, 0.15) is 17.7 Å². The van der Waals surface area contributed by atoms with Crippen molar-refractivity contribution < 1.29 is 0 Å². The average Bonchev–Trinajstić information content (AvgIpc) is 3.08. The van der Waals surface area contributed by atoms with Crippen LogP contribution in [0.5, 0.6) is 0 Å². The monoisotopic (exact) mass is 357 g/mol. The Bertz CT molecular complexity index is 646. The normalized spacial score (nSPS) is 25.0. The first-order valence-electron chi connectivity index (χ1n) is 7.90. The third-order valence-corrected chi connectivity index (χ3v) is 5.33. The molecule has 1 aromatic carbocycles. The van der Waals surface area contributed by atoms with Crippen LogP contribution in [0.4, 0.5) is 0 Å². The predicted octanol–water partition coefficient (Wildman–Crippen LogP) is 3.30. The van der Waals surface area contributed by atoms with Gasteiger partial charge in [-0.2, -0.15) is 0 Å². The van der Waals surface area contributed by atoms with Gasteiger partial charge in [0, 0.05) is 48.9 Å². The summed E-state index contributed by atoms with van der Waals surface area (Å²) in [6, 6.07) is 16.3. The van der Waals surface area contributed by atoms with E-state index < -0.39 is 0 Å². The largest absolute Gasteiger partial charge is 0.293 e. The highest BCUT2D eigenvalue weighted by Gasteiger charge is 2.42. The number of benzene rings is 1. The Kier molecular flexibility index (Phi) is 3.99. The standard InChI is InChI=1S/C18H20BrN3/c19-15-5-3-4-14(8-15)10-21-12-18-9-17(21)13-22(18)11-16-6-1-2-7-20-16/h1-8,17-18H,9-13H2. The fourth-order valence-electron chi connectivity index (χ4n) is 3.79. The lowest BCUT2D eigenvalue weighted by Gasteiger charge is -2.34. The maximum atomic E-state index is 4.46. The maximum Gasteiger partial charge on any atom is 0.0544 e.